The Morgan fingerprint density at radius 1 is 1.08 bits per heavy atom. The van der Waals surface area contributed by atoms with Crippen molar-refractivity contribution < 1.29 is 15.5 Å². The van der Waals surface area contributed by atoms with E-state index in [1.807, 2.05) is 6.92 Å². The van der Waals surface area contributed by atoms with Gasteiger partial charge >= 0.3 is 0 Å². The predicted octanol–water partition coefficient (Wildman–Crippen LogP) is 5.80. The fourth-order valence-electron chi connectivity index (χ4n) is 8.45. The molecule has 0 saturated heterocycles. The van der Waals surface area contributed by atoms with E-state index in [1.54, 1.807) is 0 Å². The highest BCUT2D eigenvalue weighted by Gasteiger charge is 2.59. The van der Waals surface area contributed by atoms with Gasteiger partial charge in [0, 0.05) is 17.3 Å². The van der Waals surface area contributed by atoms with Crippen molar-refractivity contribution in [3.05, 3.63) is 40.3 Å². The molecule has 5 rings (SSSR count). The normalized spacial score (nSPS) is 37.9. The molecule has 0 amide bonds. The molecule has 7 atom stereocenters. The zero-order valence-corrected chi connectivity index (χ0v) is 21.4. The highest BCUT2D eigenvalue weighted by Crippen LogP contribution is 2.66. The zero-order valence-electron chi connectivity index (χ0n) is 21.4. The van der Waals surface area contributed by atoms with E-state index in [9.17, 15) is 25.9 Å². The van der Waals surface area contributed by atoms with Crippen LogP contribution in [0.2, 0.25) is 0 Å². The molecule has 9 nitrogen and oxygen atoms in total. The van der Waals surface area contributed by atoms with Crippen molar-refractivity contribution in [2.75, 3.05) is 15.9 Å². The zero-order chi connectivity index (χ0) is 25.8. The molecule has 4 N–H and O–H groups in total. The minimum atomic E-state index is -0.583. The minimum absolute atomic E-state index is 0.121. The molecule has 4 aliphatic rings. The number of benzene rings is 1. The molecular formula is C27H38N4O5-2. The lowest BCUT2D eigenvalue weighted by Crippen LogP contribution is -2.50. The van der Waals surface area contributed by atoms with Gasteiger partial charge in [0.25, 0.3) is 0 Å². The molecule has 0 aliphatic heterocycles. The van der Waals surface area contributed by atoms with Gasteiger partial charge in [-0.05, 0) is 105 Å². The summed E-state index contributed by atoms with van der Waals surface area (Å²) in [5.41, 5.74) is 5.68. The maximum Gasteiger partial charge on any atom is 0.121 e. The predicted molar refractivity (Wildman–Crippen MR) is 140 cm³/mol. The molecule has 0 bridgehead atoms. The number of hydrazone groups is 1. The molecule has 1 aromatic carbocycles. The Morgan fingerprint density at radius 3 is 2.58 bits per heavy atom. The first kappa shape index (κ1) is 25.5. The largest absolute Gasteiger partial charge is 0.769 e. The summed E-state index contributed by atoms with van der Waals surface area (Å²) in [5.74, 6) is 2.30. The Bertz CT molecular complexity index is 1060. The molecule has 0 radical (unpaired) electrons. The van der Waals surface area contributed by atoms with Crippen LogP contribution in [0.15, 0.2) is 34.9 Å². The average Bonchev–Trinajstić information content (AvgIpc) is 3.20. The number of anilines is 3. The highest BCUT2D eigenvalue weighted by atomic mass is 16.8. The van der Waals surface area contributed by atoms with Gasteiger partial charge < -0.3 is 20.7 Å². The fraction of sp³-hybridized carbons (Fsp3) is 0.667. The first-order valence-corrected chi connectivity index (χ1v) is 13.2. The molecule has 4 aliphatic carbocycles. The number of hydrogen-bond donors (Lipinski definition) is 4. The third-order valence-corrected chi connectivity index (χ3v) is 10.3. The summed E-state index contributed by atoms with van der Waals surface area (Å²) in [7, 11) is 0. The molecule has 0 aromatic heterocycles. The average molecular weight is 499 g/mol. The summed E-state index contributed by atoms with van der Waals surface area (Å²) >= 11 is 0. The van der Waals surface area contributed by atoms with Crippen LogP contribution in [0.25, 0.3) is 0 Å². The second kappa shape index (κ2) is 9.29. The Balaban J connectivity index is 1.35. The van der Waals surface area contributed by atoms with Crippen LogP contribution in [-0.2, 0) is 0 Å². The molecule has 1 aromatic rings. The number of fused-ring (bicyclic) bond motifs is 5. The Hall–Kier alpha value is -2.17. The Morgan fingerprint density at radius 2 is 1.86 bits per heavy atom. The lowest BCUT2D eigenvalue weighted by atomic mass is 9.47. The van der Waals surface area contributed by atoms with E-state index in [1.165, 1.54) is 30.5 Å². The maximum atomic E-state index is 11.1. The van der Waals surface area contributed by atoms with Crippen LogP contribution in [0.3, 0.4) is 0 Å². The van der Waals surface area contributed by atoms with Crippen LogP contribution < -0.4 is 15.9 Å². The van der Waals surface area contributed by atoms with Crippen molar-refractivity contribution in [3.8, 4) is 0 Å². The van der Waals surface area contributed by atoms with Gasteiger partial charge in [0.2, 0.25) is 0 Å². The lowest BCUT2D eigenvalue weighted by molar-refractivity contribution is -0.0423. The van der Waals surface area contributed by atoms with Crippen LogP contribution in [0, 0.1) is 44.9 Å². The van der Waals surface area contributed by atoms with Gasteiger partial charge in [-0.1, -0.05) is 25.5 Å². The Labute approximate surface area is 212 Å². The number of nitrogens with one attached hydrogen (secondary N) is 1. The van der Waals surface area contributed by atoms with Gasteiger partial charge in [-0.2, -0.15) is 5.10 Å². The van der Waals surface area contributed by atoms with Crippen molar-refractivity contribution in [2.24, 2.45) is 39.6 Å². The van der Waals surface area contributed by atoms with Crippen LogP contribution in [0.5, 0.6) is 0 Å². The van der Waals surface area contributed by atoms with Gasteiger partial charge in [-0.3, -0.25) is 15.8 Å². The van der Waals surface area contributed by atoms with Crippen LogP contribution in [0.1, 0.15) is 72.1 Å². The minimum Gasteiger partial charge on any atom is -0.769 e. The molecule has 36 heavy (non-hydrogen) atoms. The summed E-state index contributed by atoms with van der Waals surface area (Å²) < 4.78 is 0. The van der Waals surface area contributed by atoms with Crippen molar-refractivity contribution in [2.45, 2.75) is 78.2 Å². The summed E-state index contributed by atoms with van der Waals surface area (Å²) in [4.78, 5) is 0. The van der Waals surface area contributed by atoms with Crippen molar-refractivity contribution in [1.29, 1.82) is 0 Å². The van der Waals surface area contributed by atoms with Crippen LogP contribution in [0.4, 0.5) is 17.1 Å². The number of rotatable bonds is 5. The Kier molecular flexibility index (Phi) is 6.58. The molecule has 7 unspecified atom stereocenters. The van der Waals surface area contributed by atoms with E-state index in [-0.39, 0.29) is 39.2 Å². The van der Waals surface area contributed by atoms with Gasteiger partial charge in [-0.15, -0.1) is 5.23 Å². The number of aliphatic hydroxyl groups is 1. The topological polar surface area (TPSA) is 138 Å². The van der Waals surface area contributed by atoms with E-state index in [4.69, 9.17) is 0 Å². The van der Waals surface area contributed by atoms with E-state index >= 15 is 0 Å². The molecule has 198 valence electrons. The van der Waals surface area contributed by atoms with E-state index in [2.05, 4.69) is 30.5 Å². The van der Waals surface area contributed by atoms with Gasteiger partial charge in [0.15, 0.2) is 0 Å². The first-order chi connectivity index (χ1) is 17.0. The maximum absolute atomic E-state index is 11.1. The fourth-order valence-corrected chi connectivity index (χ4v) is 8.45. The smallest absolute Gasteiger partial charge is 0.121 e. The van der Waals surface area contributed by atoms with Crippen molar-refractivity contribution in [1.82, 2.24) is 0 Å². The highest BCUT2D eigenvalue weighted by molar-refractivity contribution is 5.87. The number of allylic oxidation sites excluding steroid dienone is 1. The molecule has 0 heterocycles. The lowest BCUT2D eigenvalue weighted by Gasteiger charge is -2.58. The SMILES string of the molecule is CC(=NNc1ccc(N([O-])[O-])cc1N(O)O)C1CCC2C3CC=C4CC(O)CCC4(C)C3CCC12C. The van der Waals surface area contributed by atoms with E-state index in [0.29, 0.717) is 23.7 Å². The number of aliphatic hydroxyl groups excluding tert-OH is 1. The summed E-state index contributed by atoms with van der Waals surface area (Å²) in [6.45, 7) is 6.90. The standard InChI is InChI=1S/C27H38N4O5/c1-16(28-29-24-9-5-18(30(33)34)15-25(24)31(35)36)21-7-8-22-20-6-4-17-14-19(32)10-12-26(17,2)23(20)11-13-27(21,22)3/h4-5,9,15,19-23,29,32,35-36H,6-8,10-14H2,1-3H3/q-2. The molecule has 9 heteroatoms. The summed E-state index contributed by atoms with van der Waals surface area (Å²) in [5, 5.41) is 55.4. The second-order valence-electron chi connectivity index (χ2n) is 11.9. The number of nitrogens with zero attached hydrogens (tertiary/aromatic N) is 3. The third-order valence-electron chi connectivity index (χ3n) is 10.3. The third kappa shape index (κ3) is 4.11. The monoisotopic (exact) mass is 498 g/mol. The van der Waals surface area contributed by atoms with Crippen LogP contribution >= 0.6 is 0 Å². The number of hydrogen-bond acceptors (Lipinski definition) is 9. The molecule has 3 fully saturated rings. The van der Waals surface area contributed by atoms with Gasteiger partial charge in [-0.25, -0.2) is 0 Å². The first-order valence-electron chi connectivity index (χ1n) is 13.2. The van der Waals surface area contributed by atoms with Gasteiger partial charge in [0.1, 0.15) is 5.69 Å². The van der Waals surface area contributed by atoms with E-state index in [0.717, 1.165) is 50.3 Å². The summed E-state index contributed by atoms with van der Waals surface area (Å²) in [6.07, 6.45) is 10.8. The summed E-state index contributed by atoms with van der Waals surface area (Å²) in [6, 6.07) is 3.84. The molecule has 0 spiro atoms. The van der Waals surface area contributed by atoms with Crippen molar-refractivity contribution in [3.63, 3.8) is 0 Å². The van der Waals surface area contributed by atoms with Gasteiger partial charge in [0.05, 0.1) is 11.8 Å². The van der Waals surface area contributed by atoms with Crippen molar-refractivity contribution >= 4 is 22.8 Å². The van der Waals surface area contributed by atoms with E-state index < -0.39 is 5.23 Å². The second-order valence-corrected chi connectivity index (χ2v) is 11.9. The molecule has 3 saturated carbocycles. The van der Waals surface area contributed by atoms with Crippen LogP contribution in [-0.4, -0.2) is 27.3 Å². The quantitative estimate of drug-likeness (QED) is 0.227. The molecular weight excluding hydrogens is 460 g/mol.